The highest BCUT2D eigenvalue weighted by Gasteiger charge is 2.32. The van der Waals surface area contributed by atoms with Crippen LogP contribution in [0.15, 0.2) is 53.0 Å². The average molecular weight is 389 g/mol. The molecule has 1 saturated heterocycles. The summed E-state index contributed by atoms with van der Waals surface area (Å²) in [6, 6.07) is 16.0. The van der Waals surface area contributed by atoms with Crippen molar-refractivity contribution in [3.63, 3.8) is 0 Å². The molecule has 1 aliphatic rings. The number of likely N-dealkylation sites (tertiary alicyclic amines) is 1. The first-order valence-corrected chi connectivity index (χ1v) is 8.75. The van der Waals surface area contributed by atoms with Gasteiger partial charge in [0.15, 0.2) is 0 Å². The third kappa shape index (κ3) is 3.97. The fourth-order valence-corrected chi connectivity index (χ4v) is 3.11. The van der Waals surface area contributed by atoms with Gasteiger partial charge in [-0.05, 0) is 37.9 Å². The summed E-state index contributed by atoms with van der Waals surface area (Å²) in [6.07, 6.45) is 0. The number of nitrogens with zero attached hydrogens (tertiary/aromatic N) is 2. The monoisotopic (exact) mass is 388 g/mol. The smallest absolute Gasteiger partial charge is 0.254 e. The van der Waals surface area contributed by atoms with Gasteiger partial charge in [0.1, 0.15) is 12.4 Å². The molecule has 3 rings (SSSR count). The highest BCUT2D eigenvalue weighted by molar-refractivity contribution is 9.10. The molecule has 0 aromatic heterocycles. The van der Waals surface area contributed by atoms with Crippen LogP contribution in [0.5, 0.6) is 5.75 Å². The molecule has 0 radical (unpaired) electrons. The van der Waals surface area contributed by atoms with Crippen molar-refractivity contribution in [3.8, 4) is 5.75 Å². The van der Waals surface area contributed by atoms with Crippen LogP contribution >= 0.6 is 15.9 Å². The second-order valence-electron chi connectivity index (χ2n) is 6.28. The van der Waals surface area contributed by atoms with E-state index in [1.54, 1.807) is 0 Å². The number of rotatable bonds is 5. The highest BCUT2D eigenvalue weighted by atomic mass is 79.9. The van der Waals surface area contributed by atoms with Gasteiger partial charge in [0.2, 0.25) is 0 Å². The minimum Gasteiger partial charge on any atom is -0.489 e. The molecule has 4 nitrogen and oxygen atoms in total. The minimum atomic E-state index is 0.0546. The van der Waals surface area contributed by atoms with Gasteiger partial charge in [-0.2, -0.15) is 0 Å². The van der Waals surface area contributed by atoms with Gasteiger partial charge in [0, 0.05) is 29.2 Å². The Morgan fingerprint density at radius 3 is 2.58 bits per heavy atom. The number of hydrogen-bond acceptors (Lipinski definition) is 3. The van der Waals surface area contributed by atoms with Crippen LogP contribution in [0.4, 0.5) is 0 Å². The van der Waals surface area contributed by atoms with Crippen LogP contribution < -0.4 is 4.74 Å². The molecule has 0 aliphatic carbocycles. The molecule has 0 N–H and O–H groups in total. The third-order valence-electron chi connectivity index (χ3n) is 4.25. The summed E-state index contributed by atoms with van der Waals surface area (Å²) < 4.78 is 6.69. The van der Waals surface area contributed by atoms with Crippen LogP contribution in [0.25, 0.3) is 0 Å². The number of halogens is 1. The molecule has 1 aliphatic heterocycles. The first-order valence-electron chi connectivity index (χ1n) is 7.96. The van der Waals surface area contributed by atoms with E-state index in [1.807, 2.05) is 67.5 Å². The van der Waals surface area contributed by atoms with Crippen molar-refractivity contribution >= 4 is 21.8 Å². The Balaban J connectivity index is 1.66. The molecule has 0 bridgehead atoms. The zero-order chi connectivity index (χ0) is 17.1. The van der Waals surface area contributed by atoms with Gasteiger partial charge in [-0.25, -0.2) is 0 Å². The molecule has 126 valence electrons. The predicted octanol–water partition coefficient (Wildman–Crippen LogP) is 3.41. The standard InChI is InChI=1S/C19H21BrN2O2/c1-21(2)17-11-22(12-17)19(23)15-8-16(20)10-18(9-15)24-13-14-6-4-3-5-7-14/h3-10,17H,11-13H2,1-2H3. The summed E-state index contributed by atoms with van der Waals surface area (Å²) in [7, 11) is 4.09. The van der Waals surface area contributed by atoms with E-state index in [-0.39, 0.29) is 5.91 Å². The van der Waals surface area contributed by atoms with Crippen LogP contribution in [-0.4, -0.2) is 48.9 Å². The van der Waals surface area contributed by atoms with Gasteiger partial charge >= 0.3 is 0 Å². The number of benzene rings is 2. The molecule has 0 unspecified atom stereocenters. The third-order valence-corrected chi connectivity index (χ3v) is 4.70. The lowest BCUT2D eigenvalue weighted by Gasteiger charge is -2.42. The molecule has 1 fully saturated rings. The number of carbonyl (C=O) groups excluding carboxylic acids is 1. The summed E-state index contributed by atoms with van der Waals surface area (Å²) in [5.74, 6) is 0.750. The summed E-state index contributed by atoms with van der Waals surface area (Å²) >= 11 is 3.47. The predicted molar refractivity (Wildman–Crippen MR) is 98.3 cm³/mol. The van der Waals surface area contributed by atoms with Crippen molar-refractivity contribution in [2.75, 3.05) is 27.2 Å². The molecule has 0 atom stereocenters. The normalized spacial score (nSPS) is 14.6. The van der Waals surface area contributed by atoms with Gasteiger partial charge in [0.25, 0.3) is 5.91 Å². The summed E-state index contributed by atoms with van der Waals surface area (Å²) in [5.41, 5.74) is 1.76. The first-order chi connectivity index (χ1) is 11.5. The molecule has 0 saturated carbocycles. The van der Waals surface area contributed by atoms with Crippen molar-refractivity contribution in [3.05, 3.63) is 64.1 Å². The quantitative estimate of drug-likeness (QED) is 0.786. The maximum Gasteiger partial charge on any atom is 0.254 e. The largest absolute Gasteiger partial charge is 0.489 e. The first kappa shape index (κ1) is 17.0. The van der Waals surface area contributed by atoms with Crippen molar-refractivity contribution < 1.29 is 9.53 Å². The van der Waals surface area contributed by atoms with E-state index in [9.17, 15) is 4.79 Å². The Kier molecular flexibility index (Phi) is 5.21. The number of ether oxygens (including phenoxy) is 1. The molecule has 1 amide bonds. The zero-order valence-electron chi connectivity index (χ0n) is 13.9. The fraction of sp³-hybridized carbons (Fsp3) is 0.316. The number of carbonyl (C=O) groups is 1. The Bertz CT molecular complexity index is 713. The molecular formula is C19H21BrN2O2. The summed E-state index contributed by atoms with van der Waals surface area (Å²) in [5, 5.41) is 0. The van der Waals surface area contributed by atoms with Crippen molar-refractivity contribution in [1.82, 2.24) is 9.80 Å². The second-order valence-corrected chi connectivity index (χ2v) is 7.19. The van der Waals surface area contributed by atoms with E-state index in [0.717, 1.165) is 23.1 Å². The van der Waals surface area contributed by atoms with E-state index in [2.05, 4.69) is 20.8 Å². The van der Waals surface area contributed by atoms with Gasteiger partial charge < -0.3 is 14.5 Å². The van der Waals surface area contributed by atoms with Crippen LogP contribution in [0.3, 0.4) is 0 Å². The van der Waals surface area contributed by atoms with E-state index in [1.165, 1.54) is 0 Å². The molecular weight excluding hydrogens is 368 g/mol. The average Bonchev–Trinajstić information content (AvgIpc) is 2.51. The van der Waals surface area contributed by atoms with E-state index < -0.39 is 0 Å². The fourth-order valence-electron chi connectivity index (χ4n) is 2.64. The molecule has 2 aromatic carbocycles. The Morgan fingerprint density at radius 2 is 1.92 bits per heavy atom. The van der Waals surface area contributed by atoms with E-state index in [4.69, 9.17) is 4.74 Å². The molecule has 2 aromatic rings. The lowest BCUT2D eigenvalue weighted by atomic mass is 10.1. The Morgan fingerprint density at radius 1 is 1.21 bits per heavy atom. The molecule has 1 heterocycles. The Labute approximate surface area is 151 Å². The van der Waals surface area contributed by atoms with Crippen LogP contribution in [0, 0.1) is 0 Å². The number of hydrogen-bond donors (Lipinski definition) is 0. The SMILES string of the molecule is CN(C)C1CN(C(=O)c2cc(Br)cc(OCc3ccccc3)c2)C1. The van der Waals surface area contributed by atoms with Gasteiger partial charge in [-0.15, -0.1) is 0 Å². The van der Waals surface area contributed by atoms with Gasteiger partial charge in [-0.3, -0.25) is 4.79 Å². The van der Waals surface area contributed by atoms with Crippen LogP contribution in [0.1, 0.15) is 15.9 Å². The molecule has 24 heavy (non-hydrogen) atoms. The number of amides is 1. The minimum absolute atomic E-state index is 0.0546. The zero-order valence-corrected chi connectivity index (χ0v) is 15.5. The maximum absolute atomic E-state index is 12.6. The lowest BCUT2D eigenvalue weighted by molar-refractivity contribution is 0.0399. The van der Waals surface area contributed by atoms with Crippen molar-refractivity contribution in [2.45, 2.75) is 12.6 Å². The van der Waals surface area contributed by atoms with Gasteiger partial charge in [-0.1, -0.05) is 46.3 Å². The Hall–Kier alpha value is -1.85. The highest BCUT2D eigenvalue weighted by Crippen LogP contribution is 2.25. The van der Waals surface area contributed by atoms with E-state index in [0.29, 0.717) is 24.0 Å². The number of likely N-dealkylation sites (N-methyl/N-ethyl adjacent to an activating group) is 1. The van der Waals surface area contributed by atoms with E-state index >= 15 is 0 Å². The maximum atomic E-state index is 12.6. The topological polar surface area (TPSA) is 32.8 Å². The molecule has 0 spiro atoms. The van der Waals surface area contributed by atoms with Crippen molar-refractivity contribution in [2.24, 2.45) is 0 Å². The summed E-state index contributed by atoms with van der Waals surface area (Å²) in [4.78, 5) is 16.6. The summed E-state index contributed by atoms with van der Waals surface area (Å²) in [6.45, 7) is 2.04. The van der Waals surface area contributed by atoms with Gasteiger partial charge in [0.05, 0.1) is 0 Å². The second kappa shape index (κ2) is 7.36. The van der Waals surface area contributed by atoms with Crippen LogP contribution in [0.2, 0.25) is 0 Å². The van der Waals surface area contributed by atoms with Crippen molar-refractivity contribution in [1.29, 1.82) is 0 Å². The molecule has 5 heteroatoms. The van der Waals surface area contributed by atoms with Crippen LogP contribution in [-0.2, 0) is 6.61 Å². The lowest BCUT2D eigenvalue weighted by Crippen LogP contribution is -2.59.